The van der Waals surface area contributed by atoms with Gasteiger partial charge in [0.15, 0.2) is 11.5 Å². The van der Waals surface area contributed by atoms with E-state index < -0.39 is 30.0 Å². The summed E-state index contributed by atoms with van der Waals surface area (Å²) in [6.07, 6.45) is 2.48. The summed E-state index contributed by atoms with van der Waals surface area (Å²) < 4.78 is 16.1. The first-order valence-electron chi connectivity index (χ1n) is 7.81. The summed E-state index contributed by atoms with van der Waals surface area (Å²) in [7, 11) is 0. The van der Waals surface area contributed by atoms with Crippen molar-refractivity contribution in [3.05, 3.63) is 35.9 Å². The number of aliphatic carboxylic acids is 1. The molecule has 3 heterocycles. The van der Waals surface area contributed by atoms with E-state index in [4.69, 9.17) is 14.2 Å². The maximum Gasteiger partial charge on any atom is 0.310 e. The molecular formula is C17H17NO6. The Morgan fingerprint density at radius 1 is 1.17 bits per heavy atom. The van der Waals surface area contributed by atoms with Gasteiger partial charge in [0.05, 0.1) is 24.2 Å². The number of carbonyl (C=O) groups is 2. The summed E-state index contributed by atoms with van der Waals surface area (Å²) in [6.45, 7) is 2.03. The Hall–Kier alpha value is -2.54. The van der Waals surface area contributed by atoms with Gasteiger partial charge in [-0.15, -0.1) is 0 Å². The van der Waals surface area contributed by atoms with Gasteiger partial charge in [-0.25, -0.2) is 0 Å². The molecule has 7 nitrogen and oxygen atoms in total. The maximum absolute atomic E-state index is 12.6. The van der Waals surface area contributed by atoms with Gasteiger partial charge in [0.2, 0.25) is 12.7 Å². The zero-order valence-electron chi connectivity index (χ0n) is 13.0. The molecule has 0 aromatic heterocycles. The molecule has 3 aliphatic heterocycles. The molecule has 0 aliphatic carbocycles. The average molecular weight is 331 g/mol. The summed E-state index contributed by atoms with van der Waals surface area (Å²) in [4.78, 5) is 24.1. The quantitative estimate of drug-likeness (QED) is 0.807. The fourth-order valence-electron chi connectivity index (χ4n) is 3.49. The van der Waals surface area contributed by atoms with Crippen LogP contribution in [0.5, 0.6) is 11.5 Å². The highest BCUT2D eigenvalue weighted by atomic mass is 16.7. The second-order valence-electron chi connectivity index (χ2n) is 6.18. The third kappa shape index (κ3) is 2.32. The minimum atomic E-state index is -1.01. The Morgan fingerprint density at radius 2 is 1.88 bits per heavy atom. The van der Waals surface area contributed by atoms with Crippen LogP contribution in [-0.2, 0) is 14.3 Å². The first kappa shape index (κ1) is 15.0. The first-order valence-corrected chi connectivity index (χ1v) is 7.81. The number of carbonyl (C=O) groups excluding carboxylic acids is 1. The summed E-state index contributed by atoms with van der Waals surface area (Å²) in [5, 5.41) is 12.3. The maximum atomic E-state index is 12.6. The van der Waals surface area contributed by atoms with Gasteiger partial charge in [0.1, 0.15) is 5.92 Å². The zero-order chi connectivity index (χ0) is 16.8. The SMILES string of the molecule is CC(NC(=O)C1C2C=CC(O2)C1C(=O)O)c1ccc2c(c1)OCO2. The van der Waals surface area contributed by atoms with Crippen LogP contribution in [0.3, 0.4) is 0 Å². The van der Waals surface area contributed by atoms with E-state index in [1.54, 1.807) is 18.2 Å². The fraction of sp³-hybridized carbons (Fsp3) is 0.412. The predicted octanol–water partition coefficient (Wildman–Crippen LogP) is 1.25. The number of carboxylic acids is 1. The lowest BCUT2D eigenvalue weighted by Crippen LogP contribution is -2.43. The second kappa shape index (κ2) is 5.52. The number of rotatable bonds is 4. The molecule has 0 saturated carbocycles. The lowest BCUT2D eigenvalue weighted by Gasteiger charge is -2.23. The van der Waals surface area contributed by atoms with E-state index in [1.807, 2.05) is 19.1 Å². The Labute approximate surface area is 138 Å². The van der Waals surface area contributed by atoms with Crippen molar-refractivity contribution < 1.29 is 28.9 Å². The molecule has 1 amide bonds. The monoisotopic (exact) mass is 331 g/mol. The highest BCUT2D eigenvalue weighted by molar-refractivity contribution is 5.87. The minimum Gasteiger partial charge on any atom is -0.481 e. The molecule has 3 aliphatic rings. The summed E-state index contributed by atoms with van der Waals surface area (Å²) in [5.41, 5.74) is 0.860. The Kier molecular flexibility index (Phi) is 3.45. The molecule has 1 fully saturated rings. The van der Waals surface area contributed by atoms with E-state index in [0.717, 1.165) is 5.56 Å². The van der Waals surface area contributed by atoms with Crippen molar-refractivity contribution in [2.75, 3.05) is 6.79 Å². The van der Waals surface area contributed by atoms with Crippen LogP contribution in [-0.4, -0.2) is 36.0 Å². The minimum absolute atomic E-state index is 0.189. The van der Waals surface area contributed by atoms with E-state index in [9.17, 15) is 14.7 Å². The number of ether oxygens (including phenoxy) is 3. The van der Waals surface area contributed by atoms with E-state index >= 15 is 0 Å². The van der Waals surface area contributed by atoms with Crippen molar-refractivity contribution in [1.82, 2.24) is 5.32 Å². The van der Waals surface area contributed by atoms with Crippen molar-refractivity contribution in [2.24, 2.45) is 11.8 Å². The van der Waals surface area contributed by atoms with Crippen molar-refractivity contribution in [3.63, 3.8) is 0 Å². The van der Waals surface area contributed by atoms with Gasteiger partial charge in [-0.2, -0.15) is 0 Å². The summed E-state index contributed by atoms with van der Waals surface area (Å²) in [5.74, 6) is -1.57. The van der Waals surface area contributed by atoms with Crippen molar-refractivity contribution in [2.45, 2.75) is 25.2 Å². The lowest BCUT2D eigenvalue weighted by molar-refractivity contribution is -0.146. The van der Waals surface area contributed by atoms with Crippen LogP contribution in [0, 0.1) is 11.8 Å². The molecule has 2 N–H and O–H groups in total. The third-order valence-electron chi connectivity index (χ3n) is 4.74. The zero-order valence-corrected chi connectivity index (χ0v) is 13.0. The van der Waals surface area contributed by atoms with Crippen molar-refractivity contribution in [1.29, 1.82) is 0 Å². The van der Waals surface area contributed by atoms with Gasteiger partial charge in [0.25, 0.3) is 0 Å². The van der Waals surface area contributed by atoms with Crippen LogP contribution in [0.1, 0.15) is 18.5 Å². The van der Waals surface area contributed by atoms with E-state index in [0.29, 0.717) is 11.5 Å². The number of hydrogen-bond donors (Lipinski definition) is 2. The molecule has 5 unspecified atom stereocenters. The van der Waals surface area contributed by atoms with Gasteiger partial charge in [-0.05, 0) is 24.6 Å². The average Bonchev–Trinajstić information content (AvgIpc) is 3.28. The fourth-order valence-corrected chi connectivity index (χ4v) is 3.49. The summed E-state index contributed by atoms with van der Waals surface area (Å²) in [6, 6.07) is 5.18. The number of amides is 1. The van der Waals surface area contributed by atoms with Gasteiger partial charge < -0.3 is 24.6 Å². The predicted molar refractivity (Wildman–Crippen MR) is 81.5 cm³/mol. The molecule has 7 heteroatoms. The van der Waals surface area contributed by atoms with Crippen LogP contribution in [0.4, 0.5) is 0 Å². The molecule has 24 heavy (non-hydrogen) atoms. The molecule has 0 radical (unpaired) electrons. The molecule has 5 atom stereocenters. The van der Waals surface area contributed by atoms with Crippen LogP contribution < -0.4 is 14.8 Å². The Morgan fingerprint density at radius 3 is 2.62 bits per heavy atom. The Bertz CT molecular complexity index is 730. The second-order valence-corrected chi connectivity index (χ2v) is 6.18. The van der Waals surface area contributed by atoms with Crippen LogP contribution >= 0.6 is 0 Å². The van der Waals surface area contributed by atoms with Gasteiger partial charge in [-0.3, -0.25) is 9.59 Å². The van der Waals surface area contributed by atoms with Gasteiger partial charge in [-0.1, -0.05) is 18.2 Å². The molecule has 1 saturated heterocycles. The lowest BCUT2D eigenvalue weighted by atomic mass is 9.82. The van der Waals surface area contributed by atoms with Crippen molar-refractivity contribution >= 4 is 11.9 Å². The highest BCUT2D eigenvalue weighted by Gasteiger charge is 2.53. The third-order valence-corrected chi connectivity index (χ3v) is 4.74. The van der Waals surface area contributed by atoms with Crippen LogP contribution in [0.25, 0.3) is 0 Å². The highest BCUT2D eigenvalue weighted by Crippen LogP contribution is 2.40. The largest absolute Gasteiger partial charge is 0.481 e. The smallest absolute Gasteiger partial charge is 0.310 e. The molecule has 4 rings (SSSR count). The number of carboxylic acid groups (broad SMARTS) is 1. The molecular weight excluding hydrogens is 314 g/mol. The molecule has 0 spiro atoms. The number of benzene rings is 1. The number of fused-ring (bicyclic) bond motifs is 3. The summed E-state index contributed by atoms with van der Waals surface area (Å²) >= 11 is 0. The van der Waals surface area contributed by atoms with Crippen molar-refractivity contribution in [3.8, 4) is 11.5 Å². The Balaban J connectivity index is 1.49. The van der Waals surface area contributed by atoms with E-state index in [-0.39, 0.29) is 18.7 Å². The normalized spacial score (nSPS) is 30.4. The van der Waals surface area contributed by atoms with E-state index in [1.165, 1.54) is 0 Å². The standard InChI is InChI=1S/C17H17NO6/c1-8(9-2-3-10-13(6-9)23-7-22-10)18-16(19)14-11-4-5-12(24-11)15(14)17(20)21/h2-6,8,11-12,14-15H,7H2,1H3,(H,18,19)(H,20,21). The molecule has 1 aromatic rings. The van der Waals surface area contributed by atoms with Gasteiger partial charge >= 0.3 is 5.97 Å². The molecule has 2 bridgehead atoms. The van der Waals surface area contributed by atoms with E-state index in [2.05, 4.69) is 5.32 Å². The number of hydrogen-bond acceptors (Lipinski definition) is 5. The van der Waals surface area contributed by atoms with Crippen LogP contribution in [0.15, 0.2) is 30.4 Å². The molecule has 126 valence electrons. The topological polar surface area (TPSA) is 94.1 Å². The van der Waals surface area contributed by atoms with Gasteiger partial charge in [0, 0.05) is 0 Å². The first-order chi connectivity index (χ1) is 11.5. The number of nitrogens with one attached hydrogen (secondary N) is 1. The molecule has 1 aromatic carbocycles. The van der Waals surface area contributed by atoms with Crippen LogP contribution in [0.2, 0.25) is 0 Å².